The second-order valence-electron chi connectivity index (χ2n) is 5.01. The van der Waals surface area contributed by atoms with E-state index < -0.39 is 5.97 Å². The van der Waals surface area contributed by atoms with Crippen LogP contribution in [0.2, 0.25) is 0 Å². The van der Waals surface area contributed by atoms with Crippen molar-refractivity contribution in [2.75, 3.05) is 0 Å². The van der Waals surface area contributed by atoms with E-state index in [1.165, 1.54) is 0 Å². The van der Waals surface area contributed by atoms with E-state index in [-0.39, 0.29) is 4.91 Å². The highest BCUT2D eigenvalue weighted by Crippen LogP contribution is 2.29. The number of carbonyl (C=O) groups is 1. The fraction of sp³-hybridized carbons (Fsp3) is 0.188. The average Bonchev–Trinajstić information content (AvgIpc) is 3.10. The summed E-state index contributed by atoms with van der Waals surface area (Å²) in [6, 6.07) is 7.95. The van der Waals surface area contributed by atoms with Crippen LogP contribution in [0.4, 0.5) is 0 Å². The van der Waals surface area contributed by atoms with Gasteiger partial charge in [-0.1, -0.05) is 18.2 Å². The molecule has 0 amide bonds. The fourth-order valence-corrected chi connectivity index (χ4v) is 3.14. The third kappa shape index (κ3) is 3.14. The minimum absolute atomic E-state index is 0.183. The Kier molecular flexibility index (Phi) is 4.20. The first-order valence-corrected chi connectivity index (χ1v) is 8.00. The maximum absolute atomic E-state index is 11.6. The zero-order chi connectivity index (χ0) is 16.4. The van der Waals surface area contributed by atoms with Crippen LogP contribution in [0.5, 0.6) is 0 Å². The molecule has 0 radical (unpaired) electrons. The Morgan fingerprint density at radius 1 is 1.43 bits per heavy atom. The molecule has 23 heavy (non-hydrogen) atoms. The monoisotopic (exact) mass is 328 g/mol. The summed E-state index contributed by atoms with van der Waals surface area (Å²) in [7, 11) is 0. The van der Waals surface area contributed by atoms with Crippen molar-refractivity contribution in [1.29, 1.82) is 0 Å². The number of para-hydroxylation sites is 1. The van der Waals surface area contributed by atoms with Gasteiger partial charge in [-0.2, -0.15) is 0 Å². The molecule has 0 unspecified atom stereocenters. The number of nitrogens with zero attached hydrogens (tertiary/aromatic N) is 3. The van der Waals surface area contributed by atoms with Gasteiger partial charge in [-0.3, -0.25) is 5.10 Å². The number of thioether (sulfide) groups is 1. The number of rotatable bonds is 5. The Morgan fingerprint density at radius 3 is 2.87 bits per heavy atom. The Bertz CT molecular complexity index is 895. The molecular weight excluding hydrogens is 312 g/mol. The Morgan fingerprint density at radius 2 is 2.22 bits per heavy atom. The third-order valence-electron chi connectivity index (χ3n) is 3.44. The lowest BCUT2D eigenvalue weighted by Crippen LogP contribution is -1.97. The summed E-state index contributed by atoms with van der Waals surface area (Å²) in [5.74, 6) is -0.342. The highest BCUT2D eigenvalue weighted by Gasteiger charge is 2.15. The van der Waals surface area contributed by atoms with Crippen LogP contribution >= 0.6 is 11.8 Å². The van der Waals surface area contributed by atoms with Crippen LogP contribution in [0.1, 0.15) is 18.3 Å². The molecule has 7 heteroatoms. The predicted octanol–water partition coefficient (Wildman–Crippen LogP) is 3.31. The van der Waals surface area contributed by atoms with Crippen LogP contribution in [0, 0.1) is 6.92 Å². The lowest BCUT2D eigenvalue weighted by atomic mass is 10.1. The quantitative estimate of drug-likeness (QED) is 0.554. The minimum Gasteiger partial charge on any atom is -0.477 e. The summed E-state index contributed by atoms with van der Waals surface area (Å²) in [5, 5.41) is 17.6. The lowest BCUT2D eigenvalue weighted by Gasteiger charge is -1.98. The second kappa shape index (κ2) is 6.29. The number of benzene rings is 1. The number of nitrogens with one attached hydrogen (secondary N) is 1. The molecule has 2 heterocycles. The molecule has 0 aliphatic heterocycles. The molecule has 0 spiro atoms. The summed E-state index contributed by atoms with van der Waals surface area (Å²) >= 11 is 1.04. The number of fused-ring (bicyclic) bond motifs is 1. The van der Waals surface area contributed by atoms with Gasteiger partial charge in [-0.25, -0.2) is 9.78 Å². The van der Waals surface area contributed by atoms with Gasteiger partial charge < -0.3 is 9.67 Å². The van der Waals surface area contributed by atoms with E-state index in [0.717, 1.165) is 34.8 Å². The summed E-state index contributed by atoms with van der Waals surface area (Å²) in [5.41, 5.74) is 1.96. The molecule has 0 fully saturated rings. The molecule has 118 valence electrons. The lowest BCUT2D eigenvalue weighted by molar-refractivity contribution is -0.131. The molecular formula is C16H16N4O2S. The van der Waals surface area contributed by atoms with E-state index in [4.69, 9.17) is 0 Å². The maximum Gasteiger partial charge on any atom is 0.342 e. The molecule has 2 aromatic heterocycles. The van der Waals surface area contributed by atoms with Crippen LogP contribution in [0.3, 0.4) is 0 Å². The van der Waals surface area contributed by atoms with Gasteiger partial charge in [0.1, 0.15) is 10.7 Å². The van der Waals surface area contributed by atoms with Crippen molar-refractivity contribution in [3.8, 4) is 0 Å². The standard InChI is InChI=1S/C16H16N4O2S/c1-3-20-9-11(12-6-4-5-7-13(12)20)8-14(15(21)22)23-16-17-10(2)18-19-16/h4-9H,3H2,1-2H3,(H,21,22)(H,17,18,19)/b14-8-. The van der Waals surface area contributed by atoms with Crippen molar-refractivity contribution < 1.29 is 9.90 Å². The van der Waals surface area contributed by atoms with Crippen molar-refractivity contribution in [3.63, 3.8) is 0 Å². The number of carboxylic acid groups (broad SMARTS) is 1. The molecule has 0 saturated carbocycles. The Labute approximate surface area is 137 Å². The predicted molar refractivity (Wildman–Crippen MR) is 90.2 cm³/mol. The van der Waals surface area contributed by atoms with Crippen LogP contribution < -0.4 is 0 Å². The zero-order valence-electron chi connectivity index (χ0n) is 12.8. The van der Waals surface area contributed by atoms with E-state index in [1.807, 2.05) is 30.5 Å². The number of aromatic nitrogens is 4. The van der Waals surface area contributed by atoms with Gasteiger partial charge in [0.25, 0.3) is 0 Å². The average molecular weight is 328 g/mol. The van der Waals surface area contributed by atoms with Gasteiger partial charge in [-0.05, 0) is 37.8 Å². The van der Waals surface area contributed by atoms with Gasteiger partial charge in [-0.15, -0.1) is 5.10 Å². The van der Waals surface area contributed by atoms with Crippen molar-refractivity contribution >= 4 is 34.7 Å². The first kappa shape index (κ1) is 15.4. The maximum atomic E-state index is 11.6. The van der Waals surface area contributed by atoms with Crippen molar-refractivity contribution in [1.82, 2.24) is 19.7 Å². The van der Waals surface area contributed by atoms with E-state index >= 15 is 0 Å². The fourth-order valence-electron chi connectivity index (χ4n) is 2.39. The Balaban J connectivity index is 2.04. The van der Waals surface area contributed by atoms with Gasteiger partial charge >= 0.3 is 5.97 Å². The summed E-state index contributed by atoms with van der Waals surface area (Å²) in [4.78, 5) is 15.9. The summed E-state index contributed by atoms with van der Waals surface area (Å²) < 4.78 is 2.10. The smallest absolute Gasteiger partial charge is 0.342 e. The molecule has 0 saturated heterocycles. The van der Waals surface area contributed by atoms with Crippen LogP contribution in [0.25, 0.3) is 17.0 Å². The Hall–Kier alpha value is -2.54. The molecule has 6 nitrogen and oxygen atoms in total. The number of hydrogen-bond acceptors (Lipinski definition) is 4. The highest BCUT2D eigenvalue weighted by molar-refractivity contribution is 8.04. The molecule has 0 bridgehead atoms. The minimum atomic E-state index is -0.995. The number of H-pyrrole nitrogens is 1. The first-order chi connectivity index (χ1) is 11.1. The topological polar surface area (TPSA) is 83.8 Å². The van der Waals surface area contributed by atoms with Gasteiger partial charge in [0.2, 0.25) is 5.16 Å². The van der Waals surface area contributed by atoms with Crippen molar-refractivity contribution in [3.05, 3.63) is 46.8 Å². The zero-order valence-corrected chi connectivity index (χ0v) is 13.6. The largest absolute Gasteiger partial charge is 0.477 e. The van der Waals surface area contributed by atoms with Crippen LogP contribution in [-0.4, -0.2) is 30.8 Å². The highest BCUT2D eigenvalue weighted by atomic mass is 32.2. The number of aryl methyl sites for hydroxylation is 2. The molecule has 1 aromatic carbocycles. The summed E-state index contributed by atoms with van der Waals surface area (Å²) in [6.45, 7) is 4.66. The SMILES string of the molecule is CCn1cc(/C=C(\Sc2n[nH]c(C)n2)C(=O)O)c2ccccc21. The molecule has 2 N–H and O–H groups in total. The second-order valence-corrected chi connectivity index (χ2v) is 6.02. The van der Waals surface area contributed by atoms with E-state index in [2.05, 4.69) is 26.7 Å². The number of carboxylic acids is 1. The summed E-state index contributed by atoms with van der Waals surface area (Å²) in [6.07, 6.45) is 3.64. The van der Waals surface area contributed by atoms with Gasteiger partial charge in [0, 0.05) is 29.2 Å². The van der Waals surface area contributed by atoms with Crippen molar-refractivity contribution in [2.45, 2.75) is 25.5 Å². The van der Waals surface area contributed by atoms with E-state index in [0.29, 0.717) is 11.0 Å². The molecule has 3 rings (SSSR count). The third-order valence-corrected chi connectivity index (χ3v) is 4.31. The molecule has 0 aliphatic carbocycles. The number of hydrogen-bond donors (Lipinski definition) is 2. The normalized spacial score (nSPS) is 12.0. The molecule has 3 aromatic rings. The van der Waals surface area contributed by atoms with Gasteiger partial charge in [0.15, 0.2) is 0 Å². The molecule has 0 aliphatic rings. The van der Waals surface area contributed by atoms with Crippen molar-refractivity contribution in [2.24, 2.45) is 0 Å². The van der Waals surface area contributed by atoms with Gasteiger partial charge in [0.05, 0.1) is 0 Å². The number of aromatic amines is 1. The van der Waals surface area contributed by atoms with E-state index in [1.54, 1.807) is 13.0 Å². The number of aliphatic carboxylic acids is 1. The van der Waals surface area contributed by atoms with Crippen LogP contribution in [0.15, 0.2) is 40.5 Å². The van der Waals surface area contributed by atoms with E-state index in [9.17, 15) is 9.90 Å². The molecule has 0 atom stereocenters. The first-order valence-electron chi connectivity index (χ1n) is 7.18. The van der Waals surface area contributed by atoms with Crippen LogP contribution in [-0.2, 0) is 11.3 Å².